The Morgan fingerprint density at radius 3 is 2.80 bits per heavy atom. The van der Waals surface area contributed by atoms with E-state index in [9.17, 15) is 4.79 Å². The number of anilines is 1. The lowest BCUT2D eigenvalue weighted by Crippen LogP contribution is -2.49. The van der Waals surface area contributed by atoms with Gasteiger partial charge in [-0.1, -0.05) is 6.92 Å². The number of hydrogen-bond acceptors (Lipinski definition) is 4. The summed E-state index contributed by atoms with van der Waals surface area (Å²) in [7, 11) is 0. The minimum Gasteiger partial charge on any atom is -0.366 e. The lowest BCUT2D eigenvalue weighted by Gasteiger charge is -2.42. The Labute approximate surface area is 120 Å². The molecule has 0 spiro atoms. The van der Waals surface area contributed by atoms with Gasteiger partial charge in [0.1, 0.15) is 0 Å². The van der Waals surface area contributed by atoms with Crippen LogP contribution in [0.5, 0.6) is 0 Å². The van der Waals surface area contributed by atoms with Crippen molar-refractivity contribution in [3.63, 3.8) is 0 Å². The van der Waals surface area contributed by atoms with E-state index in [1.165, 1.54) is 6.42 Å². The first-order valence-corrected chi connectivity index (χ1v) is 7.20. The van der Waals surface area contributed by atoms with Gasteiger partial charge in [0.2, 0.25) is 0 Å². The molecule has 2 unspecified atom stereocenters. The van der Waals surface area contributed by atoms with E-state index in [2.05, 4.69) is 16.8 Å². The highest BCUT2D eigenvalue weighted by Crippen LogP contribution is 2.32. The number of hydrogen-bond donors (Lipinski definition) is 2. The van der Waals surface area contributed by atoms with Gasteiger partial charge in [0.25, 0.3) is 5.91 Å². The van der Waals surface area contributed by atoms with Crippen molar-refractivity contribution >= 4 is 11.6 Å². The van der Waals surface area contributed by atoms with Crippen molar-refractivity contribution in [1.82, 2.24) is 4.98 Å². The topological polar surface area (TPSA) is 85.2 Å². The molecule has 0 aromatic carbocycles. The van der Waals surface area contributed by atoms with Crippen LogP contribution in [-0.2, 0) is 0 Å². The molecule has 0 saturated carbocycles. The maximum Gasteiger partial charge on any atom is 0.252 e. The molecule has 5 heteroatoms. The van der Waals surface area contributed by atoms with Crippen molar-refractivity contribution in [2.24, 2.45) is 17.4 Å². The smallest absolute Gasteiger partial charge is 0.252 e. The highest BCUT2D eigenvalue weighted by Gasteiger charge is 2.30. The molecule has 1 aromatic rings. The van der Waals surface area contributed by atoms with Crippen LogP contribution in [0.1, 0.15) is 41.5 Å². The molecule has 1 aliphatic heterocycles. The molecule has 4 N–H and O–H groups in total. The van der Waals surface area contributed by atoms with E-state index in [0.29, 0.717) is 23.7 Å². The highest BCUT2D eigenvalue weighted by atomic mass is 16.1. The van der Waals surface area contributed by atoms with Crippen LogP contribution in [0.4, 0.5) is 5.69 Å². The van der Waals surface area contributed by atoms with Crippen molar-refractivity contribution in [2.75, 3.05) is 18.0 Å². The zero-order valence-corrected chi connectivity index (χ0v) is 12.5. The van der Waals surface area contributed by atoms with Crippen LogP contribution in [-0.4, -0.2) is 30.0 Å². The van der Waals surface area contributed by atoms with Gasteiger partial charge in [-0.3, -0.25) is 9.78 Å². The maximum atomic E-state index is 11.8. The standard InChI is InChI=1S/C15H24N4O/c1-9-5-4-6-19(13(9)8-16)12-7-10(2)18-11(3)14(12)15(17)20/h7,9,13H,4-6,8,16H2,1-3H3,(H2,17,20). The number of rotatable bonds is 3. The minimum absolute atomic E-state index is 0.253. The SMILES string of the molecule is Cc1cc(N2CCCC(C)C2CN)c(C(N)=O)c(C)n1. The number of aryl methyl sites for hydroxylation is 2. The van der Waals surface area contributed by atoms with Crippen molar-refractivity contribution in [1.29, 1.82) is 0 Å². The first kappa shape index (κ1) is 14.8. The van der Waals surface area contributed by atoms with Crippen molar-refractivity contribution in [2.45, 2.75) is 39.7 Å². The monoisotopic (exact) mass is 276 g/mol. The van der Waals surface area contributed by atoms with Crippen molar-refractivity contribution < 1.29 is 4.79 Å². The third-order valence-electron chi connectivity index (χ3n) is 4.22. The molecular formula is C15H24N4O. The molecular weight excluding hydrogens is 252 g/mol. The Kier molecular flexibility index (Phi) is 4.28. The van der Waals surface area contributed by atoms with E-state index < -0.39 is 5.91 Å². The third kappa shape index (κ3) is 2.63. The summed E-state index contributed by atoms with van der Waals surface area (Å²) in [4.78, 5) is 18.4. The maximum absolute atomic E-state index is 11.8. The average Bonchev–Trinajstić information content (AvgIpc) is 2.36. The second kappa shape index (κ2) is 5.79. The van der Waals surface area contributed by atoms with Crippen LogP contribution < -0.4 is 16.4 Å². The summed E-state index contributed by atoms with van der Waals surface area (Å²) in [5, 5.41) is 0. The Bertz CT molecular complexity index is 515. The Hall–Kier alpha value is -1.62. The van der Waals surface area contributed by atoms with E-state index in [1.54, 1.807) is 0 Å². The molecule has 110 valence electrons. The van der Waals surface area contributed by atoms with Gasteiger partial charge in [-0.05, 0) is 38.7 Å². The predicted molar refractivity (Wildman–Crippen MR) is 80.8 cm³/mol. The fourth-order valence-corrected chi connectivity index (χ4v) is 3.25. The van der Waals surface area contributed by atoms with Gasteiger partial charge in [0.05, 0.1) is 16.9 Å². The number of aromatic nitrogens is 1. The summed E-state index contributed by atoms with van der Waals surface area (Å²) in [5.74, 6) is 0.0993. The summed E-state index contributed by atoms with van der Waals surface area (Å²) in [5.41, 5.74) is 14.5. The Balaban J connectivity index is 2.52. The summed E-state index contributed by atoms with van der Waals surface area (Å²) >= 11 is 0. The molecule has 1 fully saturated rings. The van der Waals surface area contributed by atoms with Crippen LogP contribution in [0.2, 0.25) is 0 Å². The van der Waals surface area contributed by atoms with E-state index in [0.717, 1.165) is 24.3 Å². The number of primary amides is 1. The van der Waals surface area contributed by atoms with Crippen LogP contribution >= 0.6 is 0 Å². The number of nitrogens with two attached hydrogens (primary N) is 2. The van der Waals surface area contributed by atoms with Gasteiger partial charge in [-0.2, -0.15) is 0 Å². The van der Waals surface area contributed by atoms with Crippen LogP contribution in [0.25, 0.3) is 0 Å². The molecule has 2 rings (SSSR count). The van der Waals surface area contributed by atoms with Crippen LogP contribution in [0.3, 0.4) is 0 Å². The molecule has 1 aromatic heterocycles. The second-order valence-corrected chi connectivity index (χ2v) is 5.72. The molecule has 0 aliphatic carbocycles. The van der Waals surface area contributed by atoms with E-state index in [1.807, 2.05) is 19.9 Å². The van der Waals surface area contributed by atoms with Gasteiger partial charge in [-0.15, -0.1) is 0 Å². The normalized spacial score (nSPS) is 22.9. The summed E-state index contributed by atoms with van der Waals surface area (Å²) in [6.45, 7) is 7.48. The van der Waals surface area contributed by atoms with E-state index in [4.69, 9.17) is 11.5 Å². The number of carbonyl (C=O) groups is 1. The minimum atomic E-state index is -0.418. The number of nitrogens with zero attached hydrogens (tertiary/aromatic N) is 2. The Morgan fingerprint density at radius 2 is 2.20 bits per heavy atom. The number of carbonyl (C=O) groups excluding carboxylic acids is 1. The zero-order chi connectivity index (χ0) is 14.9. The number of amides is 1. The van der Waals surface area contributed by atoms with Gasteiger partial charge in [0, 0.05) is 24.8 Å². The van der Waals surface area contributed by atoms with E-state index >= 15 is 0 Å². The fourth-order valence-electron chi connectivity index (χ4n) is 3.25. The lowest BCUT2D eigenvalue weighted by molar-refractivity contribution is 0.0999. The van der Waals surface area contributed by atoms with Crippen LogP contribution in [0, 0.1) is 19.8 Å². The molecule has 1 aliphatic rings. The Morgan fingerprint density at radius 1 is 1.50 bits per heavy atom. The molecule has 20 heavy (non-hydrogen) atoms. The molecule has 0 bridgehead atoms. The first-order valence-electron chi connectivity index (χ1n) is 7.20. The number of pyridine rings is 1. The molecule has 1 amide bonds. The lowest BCUT2D eigenvalue weighted by atomic mass is 9.89. The van der Waals surface area contributed by atoms with E-state index in [-0.39, 0.29) is 6.04 Å². The fraction of sp³-hybridized carbons (Fsp3) is 0.600. The molecule has 1 saturated heterocycles. The summed E-state index contributed by atoms with van der Waals surface area (Å²) in [6, 6.07) is 2.20. The molecule has 5 nitrogen and oxygen atoms in total. The van der Waals surface area contributed by atoms with Gasteiger partial charge < -0.3 is 16.4 Å². The molecule has 2 atom stereocenters. The van der Waals surface area contributed by atoms with Crippen molar-refractivity contribution in [3.05, 3.63) is 23.0 Å². The predicted octanol–water partition coefficient (Wildman–Crippen LogP) is 1.36. The highest BCUT2D eigenvalue weighted by molar-refractivity contribution is 5.99. The quantitative estimate of drug-likeness (QED) is 0.873. The largest absolute Gasteiger partial charge is 0.366 e. The van der Waals surface area contributed by atoms with Gasteiger partial charge in [0.15, 0.2) is 0 Å². The zero-order valence-electron chi connectivity index (χ0n) is 12.5. The van der Waals surface area contributed by atoms with Gasteiger partial charge >= 0.3 is 0 Å². The van der Waals surface area contributed by atoms with Gasteiger partial charge in [-0.25, -0.2) is 0 Å². The first-order chi connectivity index (χ1) is 9.45. The number of piperidine rings is 1. The van der Waals surface area contributed by atoms with Crippen LogP contribution in [0.15, 0.2) is 6.07 Å². The molecule has 0 radical (unpaired) electrons. The third-order valence-corrected chi connectivity index (χ3v) is 4.22. The molecule has 2 heterocycles. The summed E-state index contributed by atoms with van der Waals surface area (Å²) in [6.07, 6.45) is 2.28. The van der Waals surface area contributed by atoms with Crippen molar-refractivity contribution in [3.8, 4) is 0 Å². The average molecular weight is 276 g/mol. The summed E-state index contributed by atoms with van der Waals surface area (Å²) < 4.78 is 0. The second-order valence-electron chi connectivity index (χ2n) is 5.72.